The Morgan fingerprint density at radius 2 is 1.73 bits per heavy atom. The van der Waals surface area contributed by atoms with Gasteiger partial charge in [0, 0.05) is 16.5 Å². The van der Waals surface area contributed by atoms with Crippen LogP contribution in [-0.4, -0.2) is 5.78 Å². The van der Waals surface area contributed by atoms with E-state index in [4.69, 9.17) is 0 Å². The van der Waals surface area contributed by atoms with E-state index in [1.807, 2.05) is 38.1 Å². The van der Waals surface area contributed by atoms with Crippen molar-refractivity contribution in [2.75, 3.05) is 0 Å². The van der Waals surface area contributed by atoms with Crippen molar-refractivity contribution in [1.29, 1.82) is 0 Å². The molecule has 0 heterocycles. The van der Waals surface area contributed by atoms with Crippen molar-refractivity contribution in [1.82, 2.24) is 0 Å². The van der Waals surface area contributed by atoms with Gasteiger partial charge in [0.05, 0.1) is 0 Å². The van der Waals surface area contributed by atoms with Crippen LogP contribution in [0.4, 0.5) is 0 Å². The molecule has 1 aromatic carbocycles. The Bertz CT molecular complexity index is 277. The van der Waals surface area contributed by atoms with Gasteiger partial charge in [-0.05, 0) is 18.6 Å². The number of rotatable bonds is 4. The highest BCUT2D eigenvalue weighted by Gasteiger charge is 2.03. The van der Waals surface area contributed by atoms with Gasteiger partial charge in [0.15, 0.2) is 5.78 Å². The smallest absolute Gasteiger partial charge is 0.162 e. The predicted molar refractivity (Wildman–Crippen MR) is 69.3 cm³/mol. The topological polar surface area (TPSA) is 17.1 Å². The van der Waals surface area contributed by atoms with E-state index in [9.17, 15) is 4.79 Å². The summed E-state index contributed by atoms with van der Waals surface area (Å²) in [6, 6.07) is 7.53. The van der Waals surface area contributed by atoms with Gasteiger partial charge in [-0.2, -0.15) is 0 Å². The molecular weight excluding hydrogens is 252 g/mol. The molecule has 0 spiro atoms. The molecule has 2 heteroatoms. The van der Waals surface area contributed by atoms with Crippen molar-refractivity contribution in [2.24, 2.45) is 0 Å². The van der Waals surface area contributed by atoms with Crippen molar-refractivity contribution < 1.29 is 4.79 Å². The molecule has 0 aromatic heterocycles. The van der Waals surface area contributed by atoms with E-state index in [2.05, 4.69) is 22.9 Å². The number of hydrogen-bond acceptors (Lipinski definition) is 1. The second-order valence-electron chi connectivity index (χ2n) is 3.03. The third-order valence-electron chi connectivity index (χ3n) is 1.92. The first-order valence-corrected chi connectivity index (χ1v) is 6.32. The lowest BCUT2D eigenvalue weighted by Crippen LogP contribution is -1.97. The van der Waals surface area contributed by atoms with E-state index in [1.54, 1.807) is 0 Å². The number of Topliss-reactive ketones (excluding diaryl/α,β-unsaturated/α-hetero) is 1. The summed E-state index contributed by atoms with van der Waals surface area (Å²) in [6.07, 6.45) is 2.72. The van der Waals surface area contributed by atoms with Gasteiger partial charge in [0.2, 0.25) is 0 Å². The van der Waals surface area contributed by atoms with E-state index in [0.717, 1.165) is 22.9 Å². The number of ketones is 1. The first-order valence-electron chi connectivity index (χ1n) is 5.53. The summed E-state index contributed by atoms with van der Waals surface area (Å²) in [4.78, 5) is 11.5. The fourth-order valence-corrected chi connectivity index (χ4v) is 1.38. The van der Waals surface area contributed by atoms with Crippen LogP contribution in [0.15, 0.2) is 28.7 Å². The molecule has 0 amide bonds. The molecule has 0 aliphatic rings. The maximum Gasteiger partial charge on any atom is 0.162 e. The van der Waals surface area contributed by atoms with E-state index in [1.165, 1.54) is 0 Å². The Kier molecular flexibility index (Phi) is 8.30. The molecule has 84 valence electrons. The average molecular weight is 271 g/mol. The lowest BCUT2D eigenvalue weighted by molar-refractivity contribution is 0.0980. The van der Waals surface area contributed by atoms with Crippen LogP contribution in [-0.2, 0) is 0 Å². The van der Waals surface area contributed by atoms with Crippen LogP contribution < -0.4 is 0 Å². The Hall–Kier alpha value is -0.630. The molecule has 0 fully saturated rings. The fourth-order valence-electron chi connectivity index (χ4n) is 1.12. The van der Waals surface area contributed by atoms with Gasteiger partial charge in [0.25, 0.3) is 0 Å². The van der Waals surface area contributed by atoms with Crippen LogP contribution >= 0.6 is 15.9 Å². The zero-order valence-electron chi connectivity index (χ0n) is 9.72. The lowest BCUT2D eigenvalue weighted by atomic mass is 10.1. The van der Waals surface area contributed by atoms with Gasteiger partial charge >= 0.3 is 0 Å². The number of hydrogen-bond donors (Lipinski definition) is 0. The van der Waals surface area contributed by atoms with Crippen molar-refractivity contribution in [3.63, 3.8) is 0 Å². The molecule has 0 saturated heterocycles. The van der Waals surface area contributed by atoms with Crippen molar-refractivity contribution >= 4 is 21.7 Å². The van der Waals surface area contributed by atoms with Crippen LogP contribution in [0, 0.1) is 0 Å². The molecule has 15 heavy (non-hydrogen) atoms. The zero-order valence-corrected chi connectivity index (χ0v) is 11.3. The molecule has 0 unspecified atom stereocenters. The molecule has 0 saturated carbocycles. The molecule has 0 aliphatic carbocycles. The zero-order chi connectivity index (χ0) is 11.7. The monoisotopic (exact) mass is 270 g/mol. The van der Waals surface area contributed by atoms with E-state index >= 15 is 0 Å². The second kappa shape index (κ2) is 8.66. The molecule has 1 rings (SSSR count). The summed E-state index contributed by atoms with van der Waals surface area (Å²) < 4.78 is 1.01. The number of carbonyl (C=O) groups excluding carboxylic acids is 1. The van der Waals surface area contributed by atoms with Crippen LogP contribution in [0.2, 0.25) is 0 Å². The van der Waals surface area contributed by atoms with Gasteiger partial charge in [-0.15, -0.1) is 0 Å². The average Bonchev–Trinajstić information content (AvgIpc) is 2.29. The highest BCUT2D eigenvalue weighted by atomic mass is 79.9. The summed E-state index contributed by atoms with van der Waals surface area (Å²) >= 11 is 3.34. The molecule has 1 nitrogen and oxygen atoms in total. The van der Waals surface area contributed by atoms with Gasteiger partial charge < -0.3 is 0 Å². The molecule has 0 aliphatic heterocycles. The fraction of sp³-hybridized carbons (Fsp3) is 0.462. The van der Waals surface area contributed by atoms with Crippen LogP contribution in [0.3, 0.4) is 0 Å². The summed E-state index contributed by atoms with van der Waals surface area (Å²) in [5.74, 6) is 0.245. The first-order chi connectivity index (χ1) is 7.24. The maximum absolute atomic E-state index is 11.5. The van der Waals surface area contributed by atoms with E-state index < -0.39 is 0 Å². The first kappa shape index (κ1) is 14.4. The summed E-state index contributed by atoms with van der Waals surface area (Å²) in [7, 11) is 0. The SMILES string of the molecule is CC.CCCCC(=O)c1ccc(Br)cc1. The standard InChI is InChI=1S/C11H13BrO.C2H6/c1-2-3-4-11(13)9-5-7-10(12)8-6-9;1-2/h5-8H,2-4H2,1H3;1-2H3. The maximum atomic E-state index is 11.5. The quantitative estimate of drug-likeness (QED) is 0.715. The summed E-state index contributed by atoms with van der Waals surface area (Å²) in [5.41, 5.74) is 0.816. The molecule has 0 N–H and O–H groups in total. The minimum absolute atomic E-state index is 0.245. The van der Waals surface area contributed by atoms with Crippen LogP contribution in [0.25, 0.3) is 0 Å². The lowest BCUT2D eigenvalue weighted by Gasteiger charge is -1.99. The Morgan fingerprint density at radius 1 is 1.20 bits per heavy atom. The van der Waals surface area contributed by atoms with Crippen molar-refractivity contribution in [2.45, 2.75) is 40.0 Å². The van der Waals surface area contributed by atoms with E-state index in [0.29, 0.717) is 6.42 Å². The Morgan fingerprint density at radius 3 is 2.20 bits per heavy atom. The minimum Gasteiger partial charge on any atom is -0.294 e. The highest BCUT2D eigenvalue weighted by molar-refractivity contribution is 9.10. The number of halogens is 1. The third-order valence-corrected chi connectivity index (χ3v) is 2.45. The largest absolute Gasteiger partial charge is 0.294 e. The van der Waals surface area contributed by atoms with Gasteiger partial charge in [-0.25, -0.2) is 0 Å². The summed E-state index contributed by atoms with van der Waals surface area (Å²) in [6.45, 7) is 6.09. The van der Waals surface area contributed by atoms with Crippen LogP contribution in [0.1, 0.15) is 50.4 Å². The van der Waals surface area contributed by atoms with Gasteiger partial charge in [-0.3, -0.25) is 4.79 Å². The summed E-state index contributed by atoms with van der Waals surface area (Å²) in [5, 5.41) is 0. The number of carbonyl (C=O) groups is 1. The molecule has 0 bridgehead atoms. The Balaban J connectivity index is 0.000000921. The minimum atomic E-state index is 0.245. The molecule has 0 radical (unpaired) electrons. The van der Waals surface area contributed by atoms with Crippen LogP contribution in [0.5, 0.6) is 0 Å². The molecular formula is C13H19BrO. The third kappa shape index (κ3) is 5.73. The van der Waals surface area contributed by atoms with Crippen molar-refractivity contribution in [3.05, 3.63) is 34.3 Å². The molecule has 1 aromatic rings. The number of unbranched alkanes of at least 4 members (excludes halogenated alkanes) is 1. The van der Waals surface area contributed by atoms with Gasteiger partial charge in [0.1, 0.15) is 0 Å². The van der Waals surface area contributed by atoms with E-state index in [-0.39, 0.29) is 5.78 Å². The molecule has 0 atom stereocenters. The normalized spacial score (nSPS) is 9.07. The Labute approximate surface area is 101 Å². The number of benzene rings is 1. The second-order valence-corrected chi connectivity index (χ2v) is 3.95. The predicted octanol–water partition coefficient (Wildman–Crippen LogP) is 4.85. The highest BCUT2D eigenvalue weighted by Crippen LogP contribution is 2.12. The van der Waals surface area contributed by atoms with Gasteiger partial charge in [-0.1, -0.05) is 55.3 Å². The van der Waals surface area contributed by atoms with Crippen molar-refractivity contribution in [3.8, 4) is 0 Å².